The molecule has 1 aromatic heterocycles. The number of methoxy groups -OCH3 is 1. The second-order valence-corrected chi connectivity index (χ2v) is 6.53. The van der Waals surface area contributed by atoms with Crippen LogP contribution in [-0.4, -0.2) is 26.4 Å². The van der Waals surface area contributed by atoms with E-state index >= 15 is 0 Å². The molecule has 110 valence electrons. The van der Waals surface area contributed by atoms with Crippen LogP contribution in [0.2, 0.25) is 0 Å². The molecular weight excluding hydrogens is 316 g/mol. The number of rotatable bonds is 4. The molecule has 1 N–H and O–H groups in total. The molecule has 0 atom stereocenters. The lowest BCUT2D eigenvalue weighted by molar-refractivity contribution is 0.102. The molecule has 2 aromatic rings. The Labute approximate surface area is 126 Å². The van der Waals surface area contributed by atoms with Gasteiger partial charge in [0.1, 0.15) is 10.6 Å². The van der Waals surface area contributed by atoms with Crippen molar-refractivity contribution < 1.29 is 17.9 Å². The fourth-order valence-electron chi connectivity index (χ4n) is 1.65. The lowest BCUT2D eigenvalue weighted by atomic mass is 10.2. The summed E-state index contributed by atoms with van der Waals surface area (Å²) >= 11 is 0. The SMILES string of the molecule is COc1cc(NC(=O)c2cccnc2)ccc1S(=O)(=O)Cl. The summed E-state index contributed by atoms with van der Waals surface area (Å²) in [6, 6.07) is 7.31. The summed E-state index contributed by atoms with van der Waals surface area (Å²) in [5.74, 6) is -0.319. The highest BCUT2D eigenvalue weighted by Crippen LogP contribution is 2.29. The van der Waals surface area contributed by atoms with E-state index in [-0.39, 0.29) is 16.6 Å². The Morgan fingerprint density at radius 1 is 1.33 bits per heavy atom. The van der Waals surface area contributed by atoms with Crippen molar-refractivity contribution >= 4 is 31.3 Å². The van der Waals surface area contributed by atoms with Gasteiger partial charge in [-0.05, 0) is 24.3 Å². The van der Waals surface area contributed by atoms with Crippen molar-refractivity contribution in [3.05, 3.63) is 48.3 Å². The van der Waals surface area contributed by atoms with Crippen molar-refractivity contribution in [2.45, 2.75) is 4.90 Å². The quantitative estimate of drug-likeness (QED) is 0.871. The van der Waals surface area contributed by atoms with Gasteiger partial charge in [-0.2, -0.15) is 0 Å². The highest BCUT2D eigenvalue weighted by molar-refractivity contribution is 8.13. The number of hydrogen-bond acceptors (Lipinski definition) is 5. The Hall–Kier alpha value is -2.12. The van der Waals surface area contributed by atoms with E-state index in [0.717, 1.165) is 0 Å². The first-order valence-corrected chi connectivity index (χ1v) is 8.07. The number of carbonyl (C=O) groups excluding carboxylic acids is 1. The summed E-state index contributed by atoms with van der Waals surface area (Å²) < 4.78 is 27.7. The smallest absolute Gasteiger partial charge is 0.264 e. The summed E-state index contributed by atoms with van der Waals surface area (Å²) in [7, 11) is 2.69. The largest absolute Gasteiger partial charge is 0.495 e. The second kappa shape index (κ2) is 6.11. The minimum atomic E-state index is -3.92. The number of amides is 1. The van der Waals surface area contributed by atoms with E-state index in [2.05, 4.69) is 10.3 Å². The molecule has 6 nitrogen and oxygen atoms in total. The van der Waals surface area contributed by atoms with Gasteiger partial charge in [0, 0.05) is 34.8 Å². The van der Waals surface area contributed by atoms with Gasteiger partial charge in [0.05, 0.1) is 12.7 Å². The van der Waals surface area contributed by atoms with Gasteiger partial charge in [0.15, 0.2) is 0 Å². The van der Waals surface area contributed by atoms with Crippen LogP contribution in [0, 0.1) is 0 Å². The summed E-state index contributed by atoms with van der Waals surface area (Å²) in [4.78, 5) is 15.6. The topological polar surface area (TPSA) is 85.4 Å². The van der Waals surface area contributed by atoms with Crippen molar-refractivity contribution in [2.24, 2.45) is 0 Å². The molecule has 2 rings (SSSR count). The van der Waals surface area contributed by atoms with Crippen molar-refractivity contribution in [1.29, 1.82) is 0 Å². The van der Waals surface area contributed by atoms with Crippen LogP contribution in [0.4, 0.5) is 5.69 Å². The molecule has 0 radical (unpaired) electrons. The van der Waals surface area contributed by atoms with Crippen LogP contribution in [-0.2, 0) is 9.05 Å². The molecule has 1 aromatic carbocycles. The zero-order valence-corrected chi connectivity index (χ0v) is 12.5. The maximum Gasteiger partial charge on any atom is 0.264 e. The van der Waals surface area contributed by atoms with Crippen LogP contribution >= 0.6 is 10.7 Å². The molecule has 21 heavy (non-hydrogen) atoms. The molecule has 0 aliphatic carbocycles. The Morgan fingerprint density at radius 3 is 2.67 bits per heavy atom. The van der Waals surface area contributed by atoms with E-state index in [0.29, 0.717) is 11.3 Å². The molecule has 0 aliphatic heterocycles. The number of benzene rings is 1. The normalized spacial score (nSPS) is 11.0. The first-order chi connectivity index (χ1) is 9.91. The average molecular weight is 327 g/mol. The van der Waals surface area contributed by atoms with Gasteiger partial charge in [0.2, 0.25) is 0 Å². The third-order valence-corrected chi connectivity index (χ3v) is 3.97. The van der Waals surface area contributed by atoms with Gasteiger partial charge in [-0.15, -0.1) is 0 Å². The first kappa shape index (κ1) is 15.3. The van der Waals surface area contributed by atoms with E-state index in [1.807, 2.05) is 0 Å². The van der Waals surface area contributed by atoms with Crippen LogP contribution in [0.5, 0.6) is 5.75 Å². The number of carbonyl (C=O) groups is 1. The maximum absolute atomic E-state index is 12.0. The minimum absolute atomic E-state index is 0.0500. The third-order valence-electron chi connectivity index (χ3n) is 2.61. The number of hydrogen-bond donors (Lipinski definition) is 1. The maximum atomic E-state index is 12.0. The van der Waals surface area contributed by atoms with Gasteiger partial charge in [-0.1, -0.05) is 0 Å². The molecule has 0 bridgehead atoms. The second-order valence-electron chi connectivity index (χ2n) is 4.00. The average Bonchev–Trinajstić information content (AvgIpc) is 2.46. The summed E-state index contributed by atoms with van der Waals surface area (Å²) in [5.41, 5.74) is 0.760. The number of nitrogens with one attached hydrogen (secondary N) is 1. The Bertz CT molecular complexity index is 763. The van der Waals surface area contributed by atoms with Crippen LogP contribution in [0.15, 0.2) is 47.6 Å². The number of nitrogens with zero attached hydrogens (tertiary/aromatic N) is 1. The van der Waals surface area contributed by atoms with Crippen molar-refractivity contribution in [3.63, 3.8) is 0 Å². The van der Waals surface area contributed by atoms with Crippen molar-refractivity contribution in [2.75, 3.05) is 12.4 Å². The number of halogens is 1. The van der Waals surface area contributed by atoms with E-state index in [9.17, 15) is 13.2 Å². The van der Waals surface area contributed by atoms with Crippen LogP contribution in [0.25, 0.3) is 0 Å². The van der Waals surface area contributed by atoms with Gasteiger partial charge in [-0.3, -0.25) is 9.78 Å². The van der Waals surface area contributed by atoms with Gasteiger partial charge < -0.3 is 10.1 Å². The molecular formula is C13H11ClN2O4S. The Kier molecular flexibility index (Phi) is 4.44. The fraction of sp³-hybridized carbons (Fsp3) is 0.0769. The molecule has 0 saturated carbocycles. The van der Waals surface area contributed by atoms with Crippen molar-refractivity contribution in [3.8, 4) is 5.75 Å². The highest BCUT2D eigenvalue weighted by Gasteiger charge is 2.17. The molecule has 0 aliphatic rings. The predicted molar refractivity (Wildman–Crippen MR) is 78.2 cm³/mol. The Balaban J connectivity index is 2.28. The number of ether oxygens (including phenoxy) is 1. The molecule has 0 unspecified atom stereocenters. The van der Waals surface area contributed by atoms with E-state index in [4.69, 9.17) is 15.4 Å². The summed E-state index contributed by atoms with van der Waals surface area (Å²) in [6.45, 7) is 0. The lowest BCUT2D eigenvalue weighted by Gasteiger charge is -2.09. The standard InChI is InChI=1S/C13H11ClN2O4S/c1-20-11-7-10(4-5-12(11)21(14,18)19)16-13(17)9-3-2-6-15-8-9/h2-8H,1H3,(H,16,17). The van der Waals surface area contributed by atoms with Gasteiger partial charge in [0.25, 0.3) is 15.0 Å². The van der Waals surface area contributed by atoms with Crippen LogP contribution in [0.1, 0.15) is 10.4 Å². The molecule has 1 amide bonds. The number of pyridine rings is 1. The molecule has 1 heterocycles. The Morgan fingerprint density at radius 2 is 2.10 bits per heavy atom. The van der Waals surface area contributed by atoms with Gasteiger partial charge in [-0.25, -0.2) is 8.42 Å². The monoisotopic (exact) mass is 326 g/mol. The minimum Gasteiger partial charge on any atom is -0.495 e. The zero-order chi connectivity index (χ0) is 15.5. The zero-order valence-electron chi connectivity index (χ0n) is 10.9. The lowest BCUT2D eigenvalue weighted by Crippen LogP contribution is -2.12. The highest BCUT2D eigenvalue weighted by atomic mass is 35.7. The van der Waals surface area contributed by atoms with E-state index in [1.165, 1.54) is 31.5 Å². The molecule has 0 spiro atoms. The van der Waals surface area contributed by atoms with Crippen LogP contribution in [0.3, 0.4) is 0 Å². The summed E-state index contributed by atoms with van der Waals surface area (Å²) in [5, 5.41) is 2.61. The first-order valence-electron chi connectivity index (χ1n) is 5.76. The van der Waals surface area contributed by atoms with Gasteiger partial charge >= 0.3 is 0 Å². The predicted octanol–water partition coefficient (Wildman–Crippen LogP) is 2.27. The van der Waals surface area contributed by atoms with Crippen LogP contribution < -0.4 is 10.1 Å². The molecule has 0 saturated heterocycles. The third kappa shape index (κ3) is 3.71. The number of anilines is 1. The molecule has 0 fully saturated rings. The molecule has 8 heteroatoms. The summed E-state index contributed by atoms with van der Waals surface area (Å²) in [6.07, 6.45) is 2.98. The number of aromatic nitrogens is 1. The van der Waals surface area contributed by atoms with Crippen molar-refractivity contribution in [1.82, 2.24) is 4.98 Å². The van der Waals surface area contributed by atoms with E-state index < -0.39 is 9.05 Å². The van der Waals surface area contributed by atoms with E-state index in [1.54, 1.807) is 18.3 Å². The fourth-order valence-corrected chi connectivity index (χ4v) is 2.64.